The summed E-state index contributed by atoms with van der Waals surface area (Å²) in [7, 11) is 0. The van der Waals surface area contributed by atoms with E-state index in [2.05, 4.69) is 25.7 Å². The lowest BCUT2D eigenvalue weighted by atomic mass is 9.57. The standard InChI is InChI=1S/C16H27N/c1-11(2)17-5-4-14-12-6-13-8-16(13,7-12)9-15(14,3)10-17/h11-14H,4-10H2,1-3H3. The fraction of sp³-hybridized carbons (Fsp3) is 1.00. The molecule has 1 nitrogen and oxygen atoms in total. The van der Waals surface area contributed by atoms with Crippen molar-refractivity contribution in [3.8, 4) is 0 Å². The van der Waals surface area contributed by atoms with Gasteiger partial charge in [-0.05, 0) is 81.1 Å². The molecule has 17 heavy (non-hydrogen) atoms. The zero-order chi connectivity index (χ0) is 11.8. The molecule has 1 spiro atoms. The van der Waals surface area contributed by atoms with Crippen LogP contribution in [0.2, 0.25) is 0 Å². The van der Waals surface area contributed by atoms with Crippen LogP contribution in [0.5, 0.6) is 0 Å². The normalized spacial score (nSPS) is 56.8. The molecular weight excluding hydrogens is 206 g/mol. The third kappa shape index (κ3) is 1.35. The molecule has 2 bridgehead atoms. The zero-order valence-corrected chi connectivity index (χ0v) is 11.7. The SMILES string of the molecule is CC(C)N1CCC2C3CC4CC4(C3)CC2(C)C1. The molecular formula is C16H27N. The second-order valence-corrected chi connectivity index (χ2v) is 8.25. The van der Waals surface area contributed by atoms with E-state index < -0.39 is 0 Å². The second kappa shape index (κ2) is 3.10. The van der Waals surface area contributed by atoms with Crippen LogP contribution in [0.15, 0.2) is 0 Å². The summed E-state index contributed by atoms with van der Waals surface area (Å²) in [5.74, 6) is 3.33. The number of likely N-dealkylation sites (tertiary alicyclic amines) is 1. The van der Waals surface area contributed by atoms with Crippen molar-refractivity contribution in [1.82, 2.24) is 4.90 Å². The second-order valence-electron chi connectivity index (χ2n) is 8.25. The van der Waals surface area contributed by atoms with Gasteiger partial charge >= 0.3 is 0 Å². The lowest BCUT2D eigenvalue weighted by molar-refractivity contribution is -0.0485. The Hall–Kier alpha value is -0.0400. The van der Waals surface area contributed by atoms with Crippen molar-refractivity contribution in [2.45, 2.75) is 58.9 Å². The topological polar surface area (TPSA) is 3.24 Å². The first-order valence-electron chi connectivity index (χ1n) is 7.77. The number of fused-ring (bicyclic) bond motifs is 3. The third-order valence-corrected chi connectivity index (χ3v) is 6.86. The van der Waals surface area contributed by atoms with E-state index in [-0.39, 0.29) is 0 Å². The van der Waals surface area contributed by atoms with Gasteiger partial charge in [-0.3, -0.25) is 0 Å². The molecule has 4 aliphatic rings. The first-order valence-corrected chi connectivity index (χ1v) is 7.77. The van der Waals surface area contributed by atoms with Crippen LogP contribution in [-0.4, -0.2) is 24.0 Å². The van der Waals surface area contributed by atoms with Crippen molar-refractivity contribution in [2.75, 3.05) is 13.1 Å². The number of piperidine rings is 1. The fourth-order valence-corrected chi connectivity index (χ4v) is 6.13. The van der Waals surface area contributed by atoms with Crippen LogP contribution in [-0.2, 0) is 0 Å². The Balaban J connectivity index is 1.62. The van der Waals surface area contributed by atoms with Gasteiger partial charge in [0.2, 0.25) is 0 Å². The maximum atomic E-state index is 2.75. The van der Waals surface area contributed by atoms with Crippen molar-refractivity contribution >= 4 is 0 Å². The number of nitrogens with zero attached hydrogens (tertiary/aromatic N) is 1. The predicted molar refractivity (Wildman–Crippen MR) is 70.8 cm³/mol. The minimum Gasteiger partial charge on any atom is -0.300 e. The van der Waals surface area contributed by atoms with Crippen LogP contribution in [0.3, 0.4) is 0 Å². The Morgan fingerprint density at radius 3 is 2.82 bits per heavy atom. The van der Waals surface area contributed by atoms with E-state index in [1.165, 1.54) is 19.5 Å². The predicted octanol–water partition coefficient (Wildman–Crippen LogP) is 3.54. The average Bonchev–Trinajstić information content (AvgIpc) is 2.78. The summed E-state index contributed by atoms with van der Waals surface area (Å²) in [6.07, 6.45) is 7.85. The Labute approximate surface area is 106 Å². The van der Waals surface area contributed by atoms with Gasteiger partial charge in [0.1, 0.15) is 0 Å². The summed E-state index contributed by atoms with van der Waals surface area (Å²) >= 11 is 0. The highest BCUT2D eigenvalue weighted by Gasteiger charge is 2.68. The third-order valence-electron chi connectivity index (χ3n) is 6.86. The average molecular weight is 233 g/mol. The van der Waals surface area contributed by atoms with Crippen molar-refractivity contribution in [1.29, 1.82) is 0 Å². The summed E-state index contributed by atoms with van der Waals surface area (Å²) in [5.41, 5.74) is 1.52. The molecule has 5 atom stereocenters. The zero-order valence-electron chi connectivity index (χ0n) is 11.7. The van der Waals surface area contributed by atoms with Gasteiger partial charge in [-0.25, -0.2) is 0 Å². The summed E-state index contributed by atoms with van der Waals surface area (Å²) in [6.45, 7) is 10.1. The van der Waals surface area contributed by atoms with E-state index in [1.54, 1.807) is 25.7 Å². The van der Waals surface area contributed by atoms with Crippen LogP contribution in [0.4, 0.5) is 0 Å². The van der Waals surface area contributed by atoms with E-state index in [9.17, 15) is 0 Å². The van der Waals surface area contributed by atoms with Gasteiger partial charge in [0.15, 0.2) is 0 Å². The molecule has 0 N–H and O–H groups in total. The van der Waals surface area contributed by atoms with Crippen molar-refractivity contribution < 1.29 is 0 Å². The molecule has 0 aromatic heterocycles. The van der Waals surface area contributed by atoms with Gasteiger partial charge in [-0.15, -0.1) is 0 Å². The molecule has 1 saturated heterocycles. The Morgan fingerprint density at radius 2 is 2.06 bits per heavy atom. The van der Waals surface area contributed by atoms with Crippen LogP contribution in [0, 0.1) is 28.6 Å². The Kier molecular flexibility index (Phi) is 1.98. The fourth-order valence-electron chi connectivity index (χ4n) is 6.13. The summed E-state index contributed by atoms with van der Waals surface area (Å²) in [5, 5.41) is 0. The summed E-state index contributed by atoms with van der Waals surface area (Å²) < 4.78 is 0. The Bertz CT molecular complexity index is 349. The van der Waals surface area contributed by atoms with Gasteiger partial charge in [0.05, 0.1) is 0 Å². The molecule has 0 radical (unpaired) electrons. The first kappa shape index (κ1) is 10.8. The van der Waals surface area contributed by atoms with Crippen LogP contribution in [0.1, 0.15) is 52.9 Å². The monoisotopic (exact) mass is 233 g/mol. The van der Waals surface area contributed by atoms with E-state index >= 15 is 0 Å². The van der Waals surface area contributed by atoms with E-state index in [0.29, 0.717) is 5.41 Å². The van der Waals surface area contributed by atoms with E-state index in [4.69, 9.17) is 0 Å². The first-order chi connectivity index (χ1) is 8.02. The van der Waals surface area contributed by atoms with Gasteiger partial charge in [0, 0.05) is 12.6 Å². The van der Waals surface area contributed by atoms with Gasteiger partial charge < -0.3 is 4.90 Å². The maximum absolute atomic E-state index is 2.75. The number of rotatable bonds is 1. The molecule has 0 aromatic rings. The van der Waals surface area contributed by atoms with Crippen molar-refractivity contribution in [3.63, 3.8) is 0 Å². The number of hydrogen-bond donors (Lipinski definition) is 0. The van der Waals surface area contributed by atoms with Crippen molar-refractivity contribution in [3.05, 3.63) is 0 Å². The lowest BCUT2D eigenvalue weighted by Gasteiger charge is -2.54. The maximum Gasteiger partial charge on any atom is 0.00410 e. The van der Waals surface area contributed by atoms with Gasteiger partial charge in [-0.2, -0.15) is 0 Å². The molecule has 1 heterocycles. The lowest BCUT2D eigenvalue weighted by Crippen LogP contribution is -2.53. The van der Waals surface area contributed by atoms with Crippen LogP contribution < -0.4 is 0 Å². The molecule has 1 heteroatoms. The van der Waals surface area contributed by atoms with Crippen LogP contribution >= 0.6 is 0 Å². The van der Waals surface area contributed by atoms with Crippen molar-refractivity contribution in [2.24, 2.45) is 28.6 Å². The molecule has 1 aliphatic heterocycles. The minimum absolute atomic E-state index is 0.663. The molecule has 0 amide bonds. The van der Waals surface area contributed by atoms with Gasteiger partial charge in [-0.1, -0.05) is 6.92 Å². The highest BCUT2D eigenvalue weighted by atomic mass is 15.2. The van der Waals surface area contributed by atoms with E-state index in [0.717, 1.165) is 29.2 Å². The molecule has 3 aliphatic carbocycles. The molecule has 3 saturated carbocycles. The summed E-state index contributed by atoms with van der Waals surface area (Å²) in [4.78, 5) is 2.75. The molecule has 4 rings (SSSR count). The minimum atomic E-state index is 0.663. The highest BCUT2D eigenvalue weighted by molar-refractivity contribution is 5.18. The van der Waals surface area contributed by atoms with Crippen LogP contribution in [0.25, 0.3) is 0 Å². The van der Waals surface area contributed by atoms with E-state index in [1.807, 2.05) is 0 Å². The quantitative estimate of drug-likeness (QED) is 0.669. The smallest absolute Gasteiger partial charge is 0.00410 e. The highest BCUT2D eigenvalue weighted by Crippen LogP contribution is 2.76. The number of hydrogen-bond acceptors (Lipinski definition) is 1. The molecule has 96 valence electrons. The largest absolute Gasteiger partial charge is 0.300 e. The molecule has 4 fully saturated rings. The molecule has 5 unspecified atom stereocenters. The van der Waals surface area contributed by atoms with Gasteiger partial charge in [0.25, 0.3) is 0 Å². The Morgan fingerprint density at radius 1 is 1.24 bits per heavy atom. The molecule has 0 aromatic carbocycles. The summed E-state index contributed by atoms with van der Waals surface area (Å²) in [6, 6.07) is 0.750.